The van der Waals surface area contributed by atoms with Crippen LogP contribution in [0.3, 0.4) is 0 Å². The molecular formula is C32H50N10O4. The second-order valence-corrected chi connectivity index (χ2v) is 11.0. The van der Waals surface area contributed by atoms with Crippen LogP contribution in [-0.4, -0.2) is 72.3 Å². The summed E-state index contributed by atoms with van der Waals surface area (Å²) in [6, 6.07) is 10.0. The summed E-state index contributed by atoms with van der Waals surface area (Å²) < 4.78 is 0. The number of carbonyl (C=O) groups is 4. The minimum atomic E-state index is -0.963. The minimum Gasteiger partial charge on any atom is -0.370 e. The Kier molecular flexibility index (Phi) is 18.0. The molecule has 1 aromatic heterocycles. The third kappa shape index (κ3) is 15.4. The van der Waals surface area contributed by atoms with Crippen molar-refractivity contribution in [2.75, 3.05) is 19.6 Å². The zero-order chi connectivity index (χ0) is 33.6. The number of unbranched alkanes of at least 4 members (excludes halogenated alkanes) is 2. The van der Waals surface area contributed by atoms with Crippen molar-refractivity contribution in [1.82, 2.24) is 26.3 Å². The molecule has 46 heavy (non-hydrogen) atoms. The molecule has 0 fully saturated rings. The van der Waals surface area contributed by atoms with E-state index in [9.17, 15) is 19.2 Å². The highest BCUT2D eigenvalue weighted by Crippen LogP contribution is 2.09. The number of amides is 4. The van der Waals surface area contributed by atoms with Crippen molar-refractivity contribution in [3.63, 3.8) is 0 Å². The number of aromatic nitrogens is 1. The number of rotatable bonds is 22. The van der Waals surface area contributed by atoms with E-state index in [0.717, 1.165) is 11.1 Å². The van der Waals surface area contributed by atoms with Crippen molar-refractivity contribution < 1.29 is 19.2 Å². The van der Waals surface area contributed by atoms with Gasteiger partial charge in [-0.15, -0.1) is 0 Å². The average molecular weight is 639 g/mol. The maximum atomic E-state index is 13.6. The van der Waals surface area contributed by atoms with Crippen molar-refractivity contribution in [2.24, 2.45) is 27.9 Å². The topological polar surface area (TPSA) is 246 Å². The first-order chi connectivity index (χ1) is 22.2. The number of nitrogens with two attached hydrogens (primary N) is 4. The van der Waals surface area contributed by atoms with Gasteiger partial charge >= 0.3 is 0 Å². The van der Waals surface area contributed by atoms with Gasteiger partial charge in [-0.3, -0.25) is 29.2 Å². The Morgan fingerprint density at radius 1 is 0.674 bits per heavy atom. The summed E-state index contributed by atoms with van der Waals surface area (Å²) in [4.78, 5) is 61.2. The predicted octanol–water partition coefficient (Wildman–Crippen LogP) is -0.293. The van der Waals surface area contributed by atoms with Gasteiger partial charge in [0, 0.05) is 25.5 Å². The number of hydrogen-bond acceptors (Lipinski definition) is 8. The Hall–Kier alpha value is -4.56. The Morgan fingerprint density at radius 3 is 1.78 bits per heavy atom. The monoisotopic (exact) mass is 638 g/mol. The van der Waals surface area contributed by atoms with Crippen LogP contribution in [0.15, 0.2) is 59.9 Å². The van der Waals surface area contributed by atoms with Crippen LogP contribution in [0.25, 0.3) is 0 Å². The minimum absolute atomic E-state index is 0.0673. The molecule has 0 aliphatic carbocycles. The van der Waals surface area contributed by atoms with Crippen LogP contribution in [0, 0.1) is 0 Å². The molecule has 2 aromatic rings. The van der Waals surface area contributed by atoms with Crippen LogP contribution in [0.2, 0.25) is 0 Å². The van der Waals surface area contributed by atoms with Gasteiger partial charge in [-0.05, 0) is 87.7 Å². The lowest BCUT2D eigenvalue weighted by molar-refractivity contribution is -0.134. The van der Waals surface area contributed by atoms with E-state index in [2.05, 4.69) is 31.2 Å². The van der Waals surface area contributed by atoms with E-state index in [1.165, 1.54) is 0 Å². The first-order valence-electron chi connectivity index (χ1n) is 15.8. The first-order valence-corrected chi connectivity index (χ1v) is 15.8. The highest BCUT2D eigenvalue weighted by Gasteiger charge is 2.29. The normalized spacial score (nSPS) is 12.7. The molecule has 14 heteroatoms. The van der Waals surface area contributed by atoms with Crippen molar-refractivity contribution in [3.8, 4) is 0 Å². The zero-order valence-corrected chi connectivity index (χ0v) is 26.5. The van der Waals surface area contributed by atoms with Crippen molar-refractivity contribution in [1.29, 1.82) is 0 Å². The highest BCUT2D eigenvalue weighted by atomic mass is 16.2. The third-order valence-corrected chi connectivity index (χ3v) is 7.18. The molecule has 0 saturated heterocycles. The van der Waals surface area contributed by atoms with Gasteiger partial charge in [0.2, 0.25) is 23.6 Å². The lowest BCUT2D eigenvalue weighted by Crippen LogP contribution is -2.56. The van der Waals surface area contributed by atoms with Gasteiger partial charge in [0.05, 0.1) is 6.42 Å². The zero-order valence-electron chi connectivity index (χ0n) is 26.5. The molecule has 2 rings (SSSR count). The molecule has 0 bridgehead atoms. The molecule has 3 atom stereocenters. The van der Waals surface area contributed by atoms with Crippen molar-refractivity contribution in [2.45, 2.75) is 82.5 Å². The molecular weight excluding hydrogens is 588 g/mol. The SMILES string of the molecule is NCCCC[C@H](NC(=O)Cc1ccccc1)C(=O)N[C@@H](CCCCN)C(=O)N[C@@H](CCCN=C(N)N)C(=O)NCc1ccncc1. The van der Waals surface area contributed by atoms with Crippen LogP contribution in [0.1, 0.15) is 62.5 Å². The highest BCUT2D eigenvalue weighted by molar-refractivity contribution is 5.94. The molecule has 4 amide bonds. The van der Waals surface area contributed by atoms with Crippen LogP contribution < -0.4 is 44.2 Å². The Balaban J connectivity index is 2.16. The summed E-state index contributed by atoms with van der Waals surface area (Å²) in [5, 5.41) is 11.3. The fraction of sp³-hybridized carbons (Fsp3) is 0.500. The molecule has 0 unspecified atom stereocenters. The molecule has 0 saturated carbocycles. The molecule has 0 aliphatic heterocycles. The number of pyridine rings is 1. The van der Waals surface area contributed by atoms with Gasteiger partial charge in [-0.2, -0.15) is 0 Å². The summed E-state index contributed by atoms with van der Waals surface area (Å²) in [6.45, 7) is 1.39. The van der Waals surface area contributed by atoms with Crippen molar-refractivity contribution in [3.05, 3.63) is 66.0 Å². The maximum Gasteiger partial charge on any atom is 0.243 e. The van der Waals surface area contributed by atoms with Gasteiger partial charge < -0.3 is 44.2 Å². The molecule has 1 aromatic carbocycles. The number of aliphatic imine (C=N–C) groups is 1. The quantitative estimate of drug-likeness (QED) is 0.0479. The first kappa shape index (κ1) is 37.6. The molecule has 14 nitrogen and oxygen atoms in total. The van der Waals surface area contributed by atoms with E-state index in [1.54, 1.807) is 24.5 Å². The third-order valence-electron chi connectivity index (χ3n) is 7.18. The summed E-state index contributed by atoms with van der Waals surface area (Å²) in [5.41, 5.74) is 23.9. The fourth-order valence-corrected chi connectivity index (χ4v) is 4.68. The van der Waals surface area contributed by atoms with E-state index in [4.69, 9.17) is 22.9 Å². The smallest absolute Gasteiger partial charge is 0.243 e. The Bertz CT molecular complexity index is 1230. The number of guanidine groups is 1. The van der Waals surface area contributed by atoms with Gasteiger partial charge in [0.15, 0.2) is 5.96 Å². The van der Waals surface area contributed by atoms with Crippen LogP contribution in [0.4, 0.5) is 0 Å². The molecule has 252 valence electrons. The summed E-state index contributed by atoms with van der Waals surface area (Å²) >= 11 is 0. The summed E-state index contributed by atoms with van der Waals surface area (Å²) in [6.07, 6.45) is 7.17. The number of benzene rings is 1. The van der Waals surface area contributed by atoms with E-state index < -0.39 is 35.8 Å². The standard InChI is InChI=1S/C32H50N10O4/c33-16-6-4-11-26(40-28(43)21-23-9-2-1-3-10-23)30(45)42-27(12-5-7-17-34)31(46)41-25(13-8-18-38-32(35)36)29(44)39-22-24-14-19-37-20-15-24/h1-3,9-10,14-15,19-20,25-27H,4-8,11-13,16-18,21-22,33-34H2,(H,39,44)(H,40,43)(H,41,46)(H,42,45)(H4,35,36,38)/t25-,26-,27-/m0/s1. The molecule has 0 aliphatic rings. The second kappa shape index (κ2) is 22.0. The van der Waals surface area contributed by atoms with E-state index >= 15 is 0 Å². The summed E-state index contributed by atoms with van der Waals surface area (Å²) in [7, 11) is 0. The Labute approximate surface area is 270 Å². The van der Waals surface area contributed by atoms with Crippen molar-refractivity contribution >= 4 is 29.6 Å². The van der Waals surface area contributed by atoms with E-state index in [0.29, 0.717) is 58.0 Å². The number of nitrogens with one attached hydrogen (secondary N) is 4. The second-order valence-electron chi connectivity index (χ2n) is 11.0. The number of hydrogen-bond donors (Lipinski definition) is 8. The largest absolute Gasteiger partial charge is 0.370 e. The van der Waals surface area contributed by atoms with Crippen LogP contribution >= 0.6 is 0 Å². The van der Waals surface area contributed by atoms with E-state index in [-0.39, 0.29) is 37.8 Å². The van der Waals surface area contributed by atoms with Gasteiger partial charge in [-0.25, -0.2) is 0 Å². The van der Waals surface area contributed by atoms with Gasteiger partial charge in [-0.1, -0.05) is 30.3 Å². The van der Waals surface area contributed by atoms with Gasteiger partial charge in [0.25, 0.3) is 0 Å². The number of carbonyl (C=O) groups excluding carboxylic acids is 4. The maximum absolute atomic E-state index is 13.6. The molecule has 0 spiro atoms. The fourth-order valence-electron chi connectivity index (χ4n) is 4.68. The average Bonchev–Trinajstić information content (AvgIpc) is 3.04. The van der Waals surface area contributed by atoms with Gasteiger partial charge in [0.1, 0.15) is 18.1 Å². The molecule has 12 N–H and O–H groups in total. The van der Waals surface area contributed by atoms with Crippen LogP contribution in [0.5, 0.6) is 0 Å². The summed E-state index contributed by atoms with van der Waals surface area (Å²) in [5.74, 6) is -1.78. The van der Waals surface area contributed by atoms with E-state index in [1.807, 2.05) is 30.3 Å². The Morgan fingerprint density at radius 2 is 1.22 bits per heavy atom. The lowest BCUT2D eigenvalue weighted by atomic mass is 10.0. The molecule has 1 heterocycles. The van der Waals surface area contributed by atoms with Crippen LogP contribution in [-0.2, 0) is 32.1 Å². The molecule has 0 radical (unpaired) electrons. The lowest BCUT2D eigenvalue weighted by Gasteiger charge is -2.25. The number of nitrogens with zero attached hydrogens (tertiary/aromatic N) is 2. The predicted molar refractivity (Wildman–Crippen MR) is 178 cm³/mol.